The van der Waals surface area contributed by atoms with Gasteiger partial charge in [0.15, 0.2) is 0 Å². The minimum atomic E-state index is -4.25. The van der Waals surface area contributed by atoms with E-state index in [1.165, 1.54) is 25.0 Å². The molecule has 0 amide bonds. The van der Waals surface area contributed by atoms with Gasteiger partial charge in [-0.3, -0.25) is 0 Å². The fourth-order valence-corrected chi connectivity index (χ4v) is 2.16. The predicted octanol–water partition coefficient (Wildman–Crippen LogP) is 5.81. The molecule has 0 spiro atoms. The molecular weight excluding hydrogens is 273 g/mol. The Morgan fingerprint density at radius 2 is 1.24 bits per heavy atom. The second kappa shape index (κ2) is 5.21. The first-order chi connectivity index (χ1) is 9.63. The maximum Gasteiger partial charge on any atom is 0.397 e. The first-order valence-electron chi connectivity index (χ1n) is 6.88. The SMILES string of the molecule is Cc1ccc(-c2ccc(C(C)(C)C(F)(F)F)cc2)cc1C. The summed E-state index contributed by atoms with van der Waals surface area (Å²) in [5, 5.41) is 0. The van der Waals surface area contributed by atoms with Gasteiger partial charge in [-0.25, -0.2) is 0 Å². The second-order valence-electron chi connectivity index (χ2n) is 6.00. The number of alkyl halides is 3. The van der Waals surface area contributed by atoms with E-state index < -0.39 is 11.6 Å². The molecule has 0 bridgehead atoms. The van der Waals surface area contributed by atoms with Gasteiger partial charge in [-0.15, -0.1) is 0 Å². The van der Waals surface area contributed by atoms with Crippen molar-refractivity contribution in [2.45, 2.75) is 39.3 Å². The highest BCUT2D eigenvalue weighted by Crippen LogP contribution is 2.40. The highest BCUT2D eigenvalue weighted by atomic mass is 19.4. The Morgan fingerprint density at radius 3 is 1.71 bits per heavy atom. The van der Waals surface area contributed by atoms with Crippen LogP contribution in [-0.4, -0.2) is 6.18 Å². The summed E-state index contributed by atoms with van der Waals surface area (Å²) >= 11 is 0. The highest BCUT2D eigenvalue weighted by molar-refractivity contribution is 5.65. The van der Waals surface area contributed by atoms with Crippen LogP contribution in [0.3, 0.4) is 0 Å². The molecule has 0 atom stereocenters. The van der Waals surface area contributed by atoms with E-state index in [-0.39, 0.29) is 5.56 Å². The van der Waals surface area contributed by atoms with Gasteiger partial charge in [-0.1, -0.05) is 42.5 Å². The van der Waals surface area contributed by atoms with Gasteiger partial charge in [0, 0.05) is 0 Å². The Bertz CT molecular complexity index is 635. The summed E-state index contributed by atoms with van der Waals surface area (Å²) in [6, 6.07) is 12.7. The molecule has 0 heterocycles. The van der Waals surface area contributed by atoms with E-state index in [4.69, 9.17) is 0 Å². The molecule has 0 nitrogen and oxygen atoms in total. The number of halogens is 3. The molecule has 2 rings (SSSR count). The second-order valence-corrected chi connectivity index (χ2v) is 6.00. The molecule has 21 heavy (non-hydrogen) atoms. The summed E-state index contributed by atoms with van der Waals surface area (Å²) in [4.78, 5) is 0. The molecule has 0 aliphatic heterocycles. The van der Waals surface area contributed by atoms with E-state index in [1.54, 1.807) is 24.3 Å². The molecule has 2 aromatic carbocycles. The van der Waals surface area contributed by atoms with Crippen LogP contribution in [0.1, 0.15) is 30.5 Å². The minimum absolute atomic E-state index is 0.280. The monoisotopic (exact) mass is 292 g/mol. The van der Waals surface area contributed by atoms with Crippen molar-refractivity contribution in [2.24, 2.45) is 0 Å². The zero-order chi connectivity index (χ0) is 15.8. The van der Waals surface area contributed by atoms with Gasteiger partial charge in [0.05, 0.1) is 5.41 Å². The van der Waals surface area contributed by atoms with Gasteiger partial charge in [-0.05, 0) is 55.5 Å². The van der Waals surface area contributed by atoms with Crippen LogP contribution in [0.4, 0.5) is 13.2 Å². The quantitative estimate of drug-likeness (QED) is 0.655. The molecule has 2 aromatic rings. The predicted molar refractivity (Wildman–Crippen MR) is 80.4 cm³/mol. The van der Waals surface area contributed by atoms with E-state index in [9.17, 15) is 13.2 Å². The molecule has 0 radical (unpaired) electrons. The molecule has 0 aliphatic carbocycles. The molecule has 0 fully saturated rings. The van der Waals surface area contributed by atoms with Gasteiger partial charge in [0.2, 0.25) is 0 Å². The van der Waals surface area contributed by atoms with Crippen LogP contribution in [0.2, 0.25) is 0 Å². The zero-order valence-corrected chi connectivity index (χ0v) is 12.7. The van der Waals surface area contributed by atoms with Crippen molar-refractivity contribution in [1.29, 1.82) is 0 Å². The van der Waals surface area contributed by atoms with Crippen LogP contribution < -0.4 is 0 Å². The van der Waals surface area contributed by atoms with Crippen LogP contribution in [0.15, 0.2) is 42.5 Å². The molecule has 112 valence electrons. The lowest BCUT2D eigenvalue weighted by molar-refractivity contribution is -0.180. The van der Waals surface area contributed by atoms with Gasteiger partial charge in [0.25, 0.3) is 0 Å². The Kier molecular flexibility index (Phi) is 3.87. The first-order valence-corrected chi connectivity index (χ1v) is 6.88. The first kappa shape index (κ1) is 15.6. The maximum atomic E-state index is 13.0. The van der Waals surface area contributed by atoms with Crippen molar-refractivity contribution in [2.75, 3.05) is 0 Å². The molecule has 0 N–H and O–H groups in total. The number of hydrogen-bond acceptors (Lipinski definition) is 0. The topological polar surface area (TPSA) is 0 Å². The summed E-state index contributed by atoms with van der Waals surface area (Å²) in [6.45, 7) is 6.48. The maximum absolute atomic E-state index is 13.0. The van der Waals surface area contributed by atoms with Crippen LogP contribution in [-0.2, 0) is 5.41 Å². The molecule has 3 heteroatoms. The third-order valence-electron chi connectivity index (χ3n) is 4.16. The van der Waals surface area contributed by atoms with E-state index in [0.717, 1.165) is 11.1 Å². The lowest BCUT2D eigenvalue weighted by Crippen LogP contribution is -2.36. The Labute approximate surface area is 123 Å². The summed E-state index contributed by atoms with van der Waals surface area (Å²) < 4.78 is 39.1. The highest BCUT2D eigenvalue weighted by Gasteiger charge is 2.48. The Morgan fingerprint density at radius 1 is 0.714 bits per heavy atom. The van der Waals surface area contributed by atoms with Crippen LogP contribution in [0.5, 0.6) is 0 Å². The van der Waals surface area contributed by atoms with Gasteiger partial charge >= 0.3 is 6.18 Å². The Balaban J connectivity index is 2.37. The summed E-state index contributed by atoms with van der Waals surface area (Å²) in [5.74, 6) is 0. The summed E-state index contributed by atoms with van der Waals surface area (Å²) in [7, 11) is 0. The lowest BCUT2D eigenvalue weighted by Gasteiger charge is -2.28. The van der Waals surface area contributed by atoms with Crippen molar-refractivity contribution in [3.8, 4) is 11.1 Å². The fraction of sp³-hybridized carbons (Fsp3) is 0.333. The third-order valence-corrected chi connectivity index (χ3v) is 4.16. The average Bonchev–Trinajstić information content (AvgIpc) is 2.41. The van der Waals surface area contributed by atoms with E-state index in [0.29, 0.717) is 0 Å². The Hall–Kier alpha value is -1.77. The number of hydrogen-bond donors (Lipinski definition) is 0. The number of rotatable bonds is 2. The van der Waals surface area contributed by atoms with E-state index in [2.05, 4.69) is 6.07 Å². The molecule has 0 saturated carbocycles. The zero-order valence-electron chi connectivity index (χ0n) is 12.7. The molecular formula is C18H19F3. The molecule has 0 saturated heterocycles. The van der Waals surface area contributed by atoms with Gasteiger partial charge in [0.1, 0.15) is 0 Å². The smallest absolute Gasteiger partial charge is 0.170 e. The van der Waals surface area contributed by atoms with Crippen molar-refractivity contribution in [3.05, 3.63) is 59.2 Å². The van der Waals surface area contributed by atoms with Crippen molar-refractivity contribution in [1.82, 2.24) is 0 Å². The van der Waals surface area contributed by atoms with Crippen LogP contribution in [0.25, 0.3) is 11.1 Å². The van der Waals surface area contributed by atoms with Crippen LogP contribution >= 0.6 is 0 Å². The van der Waals surface area contributed by atoms with E-state index >= 15 is 0 Å². The van der Waals surface area contributed by atoms with Gasteiger partial charge < -0.3 is 0 Å². The molecule has 0 aromatic heterocycles. The van der Waals surface area contributed by atoms with Crippen molar-refractivity contribution >= 4 is 0 Å². The van der Waals surface area contributed by atoms with Crippen LogP contribution in [0, 0.1) is 13.8 Å². The molecule has 0 unspecified atom stereocenters. The van der Waals surface area contributed by atoms with Gasteiger partial charge in [-0.2, -0.15) is 13.2 Å². The van der Waals surface area contributed by atoms with Crippen molar-refractivity contribution < 1.29 is 13.2 Å². The average molecular weight is 292 g/mol. The normalized spacial score (nSPS) is 12.5. The molecule has 0 aliphatic rings. The number of benzene rings is 2. The number of aryl methyl sites for hydroxylation is 2. The third kappa shape index (κ3) is 2.97. The standard InChI is InChI=1S/C18H19F3/c1-12-5-6-15(11-13(12)2)14-7-9-16(10-8-14)17(3,4)18(19,20)21/h5-11H,1-4H3. The summed E-state index contributed by atoms with van der Waals surface area (Å²) in [5.41, 5.74) is 2.77. The largest absolute Gasteiger partial charge is 0.397 e. The van der Waals surface area contributed by atoms with E-state index in [1.807, 2.05) is 26.0 Å². The summed E-state index contributed by atoms with van der Waals surface area (Å²) in [6.07, 6.45) is -4.25. The lowest BCUT2D eigenvalue weighted by atomic mass is 9.83. The fourth-order valence-electron chi connectivity index (χ4n) is 2.16. The van der Waals surface area contributed by atoms with Crippen molar-refractivity contribution in [3.63, 3.8) is 0 Å². The minimum Gasteiger partial charge on any atom is -0.170 e.